The molecule has 2 unspecified atom stereocenters. The van der Waals surface area contributed by atoms with Crippen molar-refractivity contribution in [3.63, 3.8) is 0 Å². The van der Waals surface area contributed by atoms with Crippen LogP contribution in [-0.4, -0.2) is 74.4 Å². The molecule has 0 saturated carbocycles. The Morgan fingerprint density at radius 3 is 1.00 bits per heavy atom. The number of hydrogen-bond donors (Lipinski definition) is 0. The molecule has 0 aromatic heterocycles. The Bertz CT molecular complexity index is 479. The summed E-state index contributed by atoms with van der Waals surface area (Å²) >= 11 is 6.22. The summed E-state index contributed by atoms with van der Waals surface area (Å²) in [6.45, 7) is 13.6. The SMILES string of the molecule is CCCCSCCC[Si](C)(OC)O[Si](C)(CCCSCCCC)O[Si](C)(CCCSCCCC)OC. The average molecular weight is 617 g/mol. The molecule has 218 valence electrons. The van der Waals surface area contributed by atoms with Crippen molar-refractivity contribution in [2.24, 2.45) is 0 Å². The molecule has 0 rings (SSSR count). The van der Waals surface area contributed by atoms with Gasteiger partial charge in [-0.25, -0.2) is 0 Å². The monoisotopic (exact) mass is 616 g/mol. The van der Waals surface area contributed by atoms with Crippen LogP contribution in [0.1, 0.15) is 78.6 Å². The lowest BCUT2D eigenvalue weighted by atomic mass is 10.4. The maximum Gasteiger partial charge on any atom is 0.325 e. The second-order valence-corrected chi connectivity index (χ2v) is 24.6. The Labute approximate surface area is 242 Å². The van der Waals surface area contributed by atoms with E-state index in [1.54, 1.807) is 0 Å². The number of thioether (sulfide) groups is 3. The van der Waals surface area contributed by atoms with Crippen LogP contribution in [0.4, 0.5) is 0 Å². The summed E-state index contributed by atoms with van der Waals surface area (Å²) in [4.78, 5) is 0. The summed E-state index contributed by atoms with van der Waals surface area (Å²) in [7, 11) is -3.33. The van der Waals surface area contributed by atoms with Crippen LogP contribution >= 0.6 is 35.3 Å². The van der Waals surface area contributed by atoms with E-state index >= 15 is 0 Å². The Morgan fingerprint density at radius 1 is 0.444 bits per heavy atom. The summed E-state index contributed by atoms with van der Waals surface area (Å²) < 4.78 is 26.4. The van der Waals surface area contributed by atoms with Crippen LogP contribution in [0.3, 0.4) is 0 Å². The molecule has 0 fully saturated rings. The molecule has 0 N–H and O–H groups in total. The standard InChI is InChI=1S/C26H60O4S3Si3/c1-9-12-18-31-21-15-24-34(6,27-4)29-36(8,26-17-23-33-20-14-11-3)30-35(7,28-5)25-16-22-32-19-13-10-2/h9-26H2,1-8H3. The smallest absolute Gasteiger partial charge is 0.325 e. The maximum atomic E-state index is 7.05. The van der Waals surface area contributed by atoms with E-state index in [1.807, 2.05) is 14.2 Å². The van der Waals surface area contributed by atoms with Gasteiger partial charge in [0.25, 0.3) is 0 Å². The lowest BCUT2D eigenvalue weighted by Crippen LogP contribution is -2.57. The van der Waals surface area contributed by atoms with E-state index in [9.17, 15) is 0 Å². The molecule has 0 bridgehead atoms. The molecule has 0 aromatic rings. The number of hydrogen-bond acceptors (Lipinski definition) is 7. The highest BCUT2D eigenvalue weighted by Gasteiger charge is 2.47. The topological polar surface area (TPSA) is 36.9 Å². The zero-order valence-corrected chi connectivity index (χ0v) is 30.5. The van der Waals surface area contributed by atoms with E-state index in [2.05, 4.69) is 75.7 Å². The molecule has 0 radical (unpaired) electrons. The van der Waals surface area contributed by atoms with Crippen LogP contribution in [-0.2, 0) is 17.1 Å². The third-order valence-corrected chi connectivity index (χ3v) is 22.3. The average Bonchev–Trinajstić information content (AvgIpc) is 2.85. The highest BCUT2D eigenvalue weighted by Crippen LogP contribution is 2.31. The third-order valence-electron chi connectivity index (χ3n) is 6.41. The fourth-order valence-electron chi connectivity index (χ4n) is 3.96. The summed E-state index contributed by atoms with van der Waals surface area (Å²) in [5.74, 6) is 7.38. The van der Waals surface area contributed by atoms with Crippen LogP contribution in [0, 0.1) is 0 Å². The van der Waals surface area contributed by atoms with Crippen LogP contribution in [0.15, 0.2) is 0 Å². The molecular weight excluding hydrogens is 557 g/mol. The van der Waals surface area contributed by atoms with Crippen molar-refractivity contribution in [1.29, 1.82) is 0 Å². The summed E-state index contributed by atoms with van der Waals surface area (Å²) in [6.07, 6.45) is 11.2. The highest BCUT2D eigenvalue weighted by molar-refractivity contribution is 7.99. The van der Waals surface area contributed by atoms with Gasteiger partial charge in [0.15, 0.2) is 0 Å². The van der Waals surface area contributed by atoms with Gasteiger partial charge >= 0.3 is 25.7 Å². The first kappa shape index (κ1) is 37.5. The molecular formula is C26H60O4S3Si3. The predicted molar refractivity (Wildman–Crippen MR) is 176 cm³/mol. The van der Waals surface area contributed by atoms with Crippen molar-refractivity contribution in [3.05, 3.63) is 0 Å². The van der Waals surface area contributed by atoms with E-state index in [0.29, 0.717) is 0 Å². The summed E-state index contributed by atoms with van der Waals surface area (Å²) in [6, 6.07) is 3.11. The van der Waals surface area contributed by atoms with Gasteiger partial charge in [0.2, 0.25) is 0 Å². The van der Waals surface area contributed by atoms with Gasteiger partial charge in [-0.1, -0.05) is 40.0 Å². The Hall–Kier alpha value is 1.54. The van der Waals surface area contributed by atoms with E-state index in [0.717, 1.165) is 37.4 Å². The molecule has 0 spiro atoms. The maximum absolute atomic E-state index is 7.05. The second-order valence-electron chi connectivity index (χ2n) is 10.2. The lowest BCUT2D eigenvalue weighted by Gasteiger charge is -2.41. The molecule has 0 aliphatic carbocycles. The van der Waals surface area contributed by atoms with Gasteiger partial charge in [-0.2, -0.15) is 35.3 Å². The first-order chi connectivity index (χ1) is 17.2. The van der Waals surface area contributed by atoms with E-state index in [-0.39, 0.29) is 0 Å². The van der Waals surface area contributed by atoms with Crippen molar-refractivity contribution in [2.75, 3.05) is 48.7 Å². The zero-order valence-electron chi connectivity index (χ0n) is 25.1. The molecule has 0 aromatic carbocycles. The molecule has 0 amide bonds. The highest BCUT2D eigenvalue weighted by atomic mass is 32.2. The van der Waals surface area contributed by atoms with Crippen molar-refractivity contribution in [3.8, 4) is 0 Å². The zero-order chi connectivity index (χ0) is 27.2. The molecule has 0 saturated heterocycles. The first-order valence-electron chi connectivity index (χ1n) is 14.5. The van der Waals surface area contributed by atoms with Gasteiger partial charge in [-0.15, -0.1) is 0 Å². The minimum absolute atomic E-state index is 1.03. The van der Waals surface area contributed by atoms with Gasteiger partial charge in [0.1, 0.15) is 0 Å². The van der Waals surface area contributed by atoms with E-state index in [4.69, 9.17) is 17.1 Å². The first-order valence-corrected chi connectivity index (χ1v) is 25.5. The Morgan fingerprint density at radius 2 is 0.722 bits per heavy atom. The van der Waals surface area contributed by atoms with Gasteiger partial charge in [0, 0.05) is 14.2 Å². The van der Waals surface area contributed by atoms with Crippen LogP contribution in [0.5, 0.6) is 0 Å². The second kappa shape index (κ2) is 23.3. The molecule has 10 heteroatoms. The van der Waals surface area contributed by atoms with Gasteiger partial charge in [-0.3, -0.25) is 0 Å². The summed E-state index contributed by atoms with van der Waals surface area (Å²) in [5.41, 5.74) is 0. The van der Waals surface area contributed by atoms with Gasteiger partial charge in [0.05, 0.1) is 0 Å². The third kappa shape index (κ3) is 19.6. The number of unbranched alkanes of at least 4 members (excludes halogenated alkanes) is 3. The van der Waals surface area contributed by atoms with Crippen LogP contribution < -0.4 is 0 Å². The normalized spacial score (nSPS) is 17.0. The largest absolute Gasteiger partial charge is 0.415 e. The van der Waals surface area contributed by atoms with E-state index in [1.165, 1.54) is 73.0 Å². The quantitative estimate of drug-likeness (QED) is 0.0672. The Balaban J connectivity index is 5.13. The van der Waals surface area contributed by atoms with Crippen molar-refractivity contribution >= 4 is 61.0 Å². The molecule has 0 aliphatic heterocycles. The molecule has 36 heavy (non-hydrogen) atoms. The van der Waals surface area contributed by atoms with Gasteiger partial charge in [-0.05, 0) is 111 Å². The molecule has 0 heterocycles. The minimum atomic E-state index is -2.45. The number of rotatable bonds is 27. The fraction of sp³-hybridized carbons (Fsp3) is 1.00. The fourth-order valence-corrected chi connectivity index (χ4v) is 20.9. The van der Waals surface area contributed by atoms with Crippen molar-refractivity contribution in [2.45, 2.75) is 116 Å². The summed E-state index contributed by atoms with van der Waals surface area (Å²) in [5, 5.41) is 0. The molecule has 0 aliphatic rings. The van der Waals surface area contributed by atoms with Crippen molar-refractivity contribution in [1.82, 2.24) is 0 Å². The Kier molecular flexibility index (Phi) is 24.3. The van der Waals surface area contributed by atoms with Crippen molar-refractivity contribution < 1.29 is 17.1 Å². The molecule has 4 nitrogen and oxygen atoms in total. The predicted octanol–water partition coefficient (Wildman–Crippen LogP) is 9.30. The lowest BCUT2D eigenvalue weighted by molar-refractivity contribution is 0.235. The van der Waals surface area contributed by atoms with Gasteiger partial charge < -0.3 is 17.1 Å². The molecule has 2 atom stereocenters. The van der Waals surface area contributed by atoms with Crippen LogP contribution in [0.25, 0.3) is 0 Å². The van der Waals surface area contributed by atoms with E-state index < -0.39 is 25.7 Å². The minimum Gasteiger partial charge on any atom is -0.415 e. The van der Waals surface area contributed by atoms with Crippen LogP contribution in [0.2, 0.25) is 37.8 Å².